The summed E-state index contributed by atoms with van der Waals surface area (Å²) in [5, 5.41) is 0. The highest BCUT2D eigenvalue weighted by Gasteiger charge is 2.21. The number of aromatic nitrogens is 1. The summed E-state index contributed by atoms with van der Waals surface area (Å²) in [7, 11) is -0.636. The molecule has 112 valence electrons. The lowest BCUT2D eigenvalue weighted by molar-refractivity contribution is 0.0828. The lowest BCUT2D eigenvalue weighted by Crippen LogP contribution is -2.24. The summed E-state index contributed by atoms with van der Waals surface area (Å²) >= 11 is 6.49. The molecule has 0 aliphatic heterocycles. The van der Waals surface area contributed by atoms with Crippen LogP contribution >= 0.6 is 22.9 Å². The maximum Gasteiger partial charge on any atom is 0.273 e. The Balaban J connectivity index is 2.38. The van der Waals surface area contributed by atoms with Gasteiger partial charge in [-0.25, -0.2) is 13.4 Å². The Morgan fingerprint density at radius 3 is 2.57 bits per heavy atom. The molecule has 21 heavy (non-hydrogen) atoms. The fraction of sp³-hybridized carbons (Fsp3) is 0.167. The van der Waals surface area contributed by atoms with Crippen LogP contribution < -0.4 is 4.72 Å². The Kier molecular flexibility index (Phi) is 4.50. The van der Waals surface area contributed by atoms with Crippen LogP contribution in [-0.4, -0.2) is 38.3 Å². The number of benzene rings is 1. The molecule has 0 atom stereocenters. The minimum absolute atomic E-state index is 0.0143. The predicted molar refractivity (Wildman–Crippen MR) is 82.4 cm³/mol. The predicted octanol–water partition coefficient (Wildman–Crippen LogP) is 2.30. The normalized spacial score (nSPS) is 11.2. The van der Waals surface area contributed by atoms with Gasteiger partial charge >= 0.3 is 0 Å². The zero-order chi connectivity index (χ0) is 15.6. The van der Waals surface area contributed by atoms with Gasteiger partial charge in [-0.1, -0.05) is 35.1 Å². The van der Waals surface area contributed by atoms with Gasteiger partial charge < -0.3 is 4.90 Å². The van der Waals surface area contributed by atoms with E-state index in [1.54, 1.807) is 32.3 Å². The van der Waals surface area contributed by atoms with Gasteiger partial charge in [-0.05, 0) is 12.1 Å². The van der Waals surface area contributed by atoms with Gasteiger partial charge in [0.1, 0.15) is 0 Å². The van der Waals surface area contributed by atoms with Crippen molar-refractivity contribution in [1.82, 2.24) is 9.88 Å². The minimum Gasteiger partial charge on any atom is -0.345 e. The SMILES string of the molecule is CN(C)C(=O)c1ccccc1NS(=O)(=O)c1cnc(Cl)s1. The summed E-state index contributed by atoms with van der Waals surface area (Å²) < 4.78 is 27.0. The molecule has 2 aromatic rings. The average Bonchev–Trinajstić information content (AvgIpc) is 2.85. The lowest BCUT2D eigenvalue weighted by Gasteiger charge is -2.14. The van der Waals surface area contributed by atoms with Crippen LogP contribution in [0.4, 0.5) is 5.69 Å². The van der Waals surface area contributed by atoms with Gasteiger partial charge in [0.25, 0.3) is 15.9 Å². The Labute approximate surface area is 131 Å². The molecule has 9 heteroatoms. The summed E-state index contributed by atoms with van der Waals surface area (Å²) in [4.78, 5) is 17.1. The van der Waals surface area contributed by atoms with Crippen LogP contribution in [0.15, 0.2) is 34.7 Å². The summed E-state index contributed by atoms with van der Waals surface area (Å²) in [6, 6.07) is 6.39. The number of para-hydroxylation sites is 1. The maximum absolute atomic E-state index is 12.2. The second kappa shape index (κ2) is 6.00. The van der Waals surface area contributed by atoms with E-state index in [2.05, 4.69) is 9.71 Å². The van der Waals surface area contributed by atoms with Crippen LogP contribution in [-0.2, 0) is 10.0 Å². The molecule has 1 heterocycles. The molecule has 1 amide bonds. The van der Waals surface area contributed by atoms with Crippen molar-refractivity contribution in [3.05, 3.63) is 40.5 Å². The van der Waals surface area contributed by atoms with Crippen LogP contribution in [0.1, 0.15) is 10.4 Å². The molecule has 0 aliphatic carbocycles. The second-order valence-corrected chi connectivity index (χ2v) is 7.80. The van der Waals surface area contributed by atoms with Crippen LogP contribution in [0.3, 0.4) is 0 Å². The highest BCUT2D eigenvalue weighted by Crippen LogP contribution is 2.26. The van der Waals surface area contributed by atoms with E-state index in [0.29, 0.717) is 0 Å². The van der Waals surface area contributed by atoms with E-state index in [1.165, 1.54) is 17.2 Å². The van der Waals surface area contributed by atoms with E-state index in [-0.39, 0.29) is 25.8 Å². The summed E-state index contributed by atoms with van der Waals surface area (Å²) in [5.41, 5.74) is 0.474. The Hall–Kier alpha value is -1.64. The number of carbonyl (C=O) groups excluding carboxylic acids is 1. The summed E-state index contributed by atoms with van der Waals surface area (Å²) in [6.45, 7) is 0. The third-order valence-electron chi connectivity index (χ3n) is 2.53. The van der Waals surface area contributed by atoms with E-state index in [9.17, 15) is 13.2 Å². The standard InChI is InChI=1S/C12H12ClN3O3S2/c1-16(2)11(17)8-5-3-4-6-9(8)15-21(18,19)10-7-14-12(13)20-10/h3-7,15H,1-2H3. The van der Waals surface area contributed by atoms with Crippen molar-refractivity contribution in [3.8, 4) is 0 Å². The Morgan fingerprint density at radius 2 is 2.00 bits per heavy atom. The molecule has 0 aliphatic rings. The van der Waals surface area contributed by atoms with Gasteiger partial charge in [0, 0.05) is 14.1 Å². The van der Waals surface area contributed by atoms with E-state index in [4.69, 9.17) is 11.6 Å². The number of hydrogen-bond donors (Lipinski definition) is 1. The molecule has 2 rings (SSSR count). The average molecular weight is 346 g/mol. The fourth-order valence-corrected chi connectivity index (χ4v) is 3.93. The number of hydrogen-bond acceptors (Lipinski definition) is 5. The Bertz CT molecular complexity index is 772. The van der Waals surface area contributed by atoms with Gasteiger partial charge in [0.05, 0.1) is 17.4 Å². The van der Waals surface area contributed by atoms with E-state index < -0.39 is 10.0 Å². The van der Waals surface area contributed by atoms with Crippen molar-refractivity contribution in [1.29, 1.82) is 0 Å². The highest BCUT2D eigenvalue weighted by atomic mass is 35.5. The van der Waals surface area contributed by atoms with Crippen molar-refractivity contribution in [3.63, 3.8) is 0 Å². The monoisotopic (exact) mass is 345 g/mol. The number of thiazole rings is 1. The molecular weight excluding hydrogens is 334 g/mol. The number of halogens is 1. The van der Waals surface area contributed by atoms with Crippen molar-refractivity contribution < 1.29 is 13.2 Å². The van der Waals surface area contributed by atoms with Crippen molar-refractivity contribution in [2.24, 2.45) is 0 Å². The maximum atomic E-state index is 12.2. The number of amides is 1. The Morgan fingerprint density at radius 1 is 1.33 bits per heavy atom. The van der Waals surface area contributed by atoms with Gasteiger partial charge in [-0.2, -0.15) is 0 Å². The molecule has 1 aromatic heterocycles. The van der Waals surface area contributed by atoms with E-state index in [0.717, 1.165) is 11.3 Å². The topological polar surface area (TPSA) is 79.4 Å². The molecule has 0 saturated heterocycles. The number of anilines is 1. The molecule has 1 N–H and O–H groups in total. The highest BCUT2D eigenvalue weighted by molar-refractivity contribution is 7.94. The number of nitrogens with one attached hydrogen (secondary N) is 1. The van der Waals surface area contributed by atoms with Crippen LogP contribution in [0.25, 0.3) is 0 Å². The third kappa shape index (κ3) is 3.52. The van der Waals surface area contributed by atoms with Crippen LogP contribution in [0.2, 0.25) is 4.47 Å². The first-order valence-corrected chi connectivity index (χ1v) is 8.44. The first kappa shape index (κ1) is 15.7. The zero-order valence-electron chi connectivity index (χ0n) is 11.2. The lowest BCUT2D eigenvalue weighted by atomic mass is 10.1. The largest absolute Gasteiger partial charge is 0.345 e. The van der Waals surface area contributed by atoms with Crippen molar-refractivity contribution in [2.45, 2.75) is 4.21 Å². The number of nitrogens with zero attached hydrogens (tertiary/aromatic N) is 2. The molecule has 0 radical (unpaired) electrons. The first-order chi connectivity index (χ1) is 9.81. The quantitative estimate of drug-likeness (QED) is 0.922. The van der Waals surface area contributed by atoms with Gasteiger partial charge in [0.2, 0.25) is 0 Å². The molecule has 6 nitrogen and oxygen atoms in total. The number of sulfonamides is 1. The van der Waals surface area contributed by atoms with Crippen LogP contribution in [0.5, 0.6) is 0 Å². The first-order valence-electron chi connectivity index (χ1n) is 5.76. The van der Waals surface area contributed by atoms with E-state index in [1.807, 2.05) is 0 Å². The second-order valence-electron chi connectivity index (χ2n) is 4.28. The van der Waals surface area contributed by atoms with Crippen molar-refractivity contribution >= 4 is 44.6 Å². The molecule has 1 aromatic carbocycles. The third-order valence-corrected chi connectivity index (χ3v) is 5.47. The number of rotatable bonds is 4. The summed E-state index contributed by atoms with van der Waals surface area (Å²) in [6.07, 6.45) is 1.17. The van der Waals surface area contributed by atoms with Gasteiger partial charge in [-0.15, -0.1) is 0 Å². The smallest absolute Gasteiger partial charge is 0.273 e. The zero-order valence-corrected chi connectivity index (χ0v) is 13.6. The van der Waals surface area contributed by atoms with Crippen LogP contribution in [0, 0.1) is 0 Å². The molecule has 0 saturated carbocycles. The van der Waals surface area contributed by atoms with Crippen molar-refractivity contribution in [2.75, 3.05) is 18.8 Å². The molecular formula is C12H12ClN3O3S2. The van der Waals surface area contributed by atoms with Gasteiger partial charge in [-0.3, -0.25) is 9.52 Å². The summed E-state index contributed by atoms with van der Waals surface area (Å²) in [5.74, 6) is -0.296. The number of carbonyl (C=O) groups is 1. The molecule has 0 spiro atoms. The molecule has 0 fully saturated rings. The minimum atomic E-state index is -3.82. The van der Waals surface area contributed by atoms with Gasteiger partial charge in [0.15, 0.2) is 8.68 Å². The fourth-order valence-electron chi connectivity index (χ4n) is 1.56. The van der Waals surface area contributed by atoms with E-state index >= 15 is 0 Å². The molecule has 0 unspecified atom stereocenters. The molecule has 0 bridgehead atoms.